The van der Waals surface area contributed by atoms with E-state index in [4.69, 9.17) is 10.5 Å². The van der Waals surface area contributed by atoms with Gasteiger partial charge in [0, 0.05) is 18.9 Å². The smallest absolute Gasteiger partial charge is 0.141 e. The fraction of sp³-hybridized carbons (Fsp3) is 0.154. The molecule has 2 aromatic rings. The molecular weight excluding hydrogens is 214 g/mol. The van der Waals surface area contributed by atoms with Gasteiger partial charge in [0.25, 0.3) is 0 Å². The van der Waals surface area contributed by atoms with Crippen LogP contribution in [0.15, 0.2) is 42.6 Å². The van der Waals surface area contributed by atoms with Crippen LogP contribution >= 0.6 is 0 Å². The average Bonchev–Trinajstić information content (AvgIpc) is 2.39. The van der Waals surface area contributed by atoms with Gasteiger partial charge in [-0.1, -0.05) is 6.07 Å². The van der Waals surface area contributed by atoms with Gasteiger partial charge in [0.1, 0.15) is 11.6 Å². The summed E-state index contributed by atoms with van der Waals surface area (Å²) in [6.45, 7) is 0. The van der Waals surface area contributed by atoms with E-state index in [9.17, 15) is 0 Å². The van der Waals surface area contributed by atoms with Crippen molar-refractivity contribution < 1.29 is 4.74 Å². The number of pyridine rings is 1. The third-order valence-corrected chi connectivity index (χ3v) is 2.59. The molecule has 0 atom stereocenters. The highest BCUT2D eigenvalue weighted by Crippen LogP contribution is 2.29. The molecule has 0 fully saturated rings. The van der Waals surface area contributed by atoms with Crippen LogP contribution < -0.4 is 15.4 Å². The predicted octanol–water partition coefficient (Wildman–Crippen LogP) is 2.44. The lowest BCUT2D eigenvalue weighted by Gasteiger charge is -2.19. The number of hydrogen-bond donors (Lipinski definition) is 1. The van der Waals surface area contributed by atoms with Gasteiger partial charge >= 0.3 is 0 Å². The number of ether oxygens (including phenoxy) is 1. The molecule has 2 rings (SSSR count). The van der Waals surface area contributed by atoms with Crippen molar-refractivity contribution in [1.82, 2.24) is 4.98 Å². The Morgan fingerprint density at radius 3 is 2.65 bits per heavy atom. The van der Waals surface area contributed by atoms with Crippen LogP contribution in [0.4, 0.5) is 17.2 Å². The molecule has 0 bridgehead atoms. The van der Waals surface area contributed by atoms with Crippen molar-refractivity contribution in [3.05, 3.63) is 42.6 Å². The molecule has 0 saturated carbocycles. The monoisotopic (exact) mass is 229 g/mol. The van der Waals surface area contributed by atoms with E-state index in [-0.39, 0.29) is 0 Å². The molecule has 0 aliphatic heterocycles. The van der Waals surface area contributed by atoms with Crippen LogP contribution in [0, 0.1) is 0 Å². The van der Waals surface area contributed by atoms with Crippen molar-refractivity contribution in [2.45, 2.75) is 0 Å². The maximum absolute atomic E-state index is 5.88. The lowest BCUT2D eigenvalue weighted by atomic mass is 10.2. The molecule has 4 heteroatoms. The van der Waals surface area contributed by atoms with Gasteiger partial charge in [0.2, 0.25) is 0 Å². The first-order chi connectivity index (χ1) is 8.22. The number of aromatic nitrogens is 1. The molecule has 0 unspecified atom stereocenters. The topological polar surface area (TPSA) is 51.4 Å². The zero-order valence-corrected chi connectivity index (χ0v) is 9.92. The van der Waals surface area contributed by atoms with E-state index in [1.54, 1.807) is 13.3 Å². The second-order valence-electron chi connectivity index (χ2n) is 3.67. The predicted molar refractivity (Wildman–Crippen MR) is 69.7 cm³/mol. The molecule has 0 saturated heterocycles. The summed E-state index contributed by atoms with van der Waals surface area (Å²) < 4.78 is 5.13. The lowest BCUT2D eigenvalue weighted by molar-refractivity contribution is 0.417. The summed E-state index contributed by atoms with van der Waals surface area (Å²) in [6, 6.07) is 11.5. The minimum atomic E-state index is 0.618. The molecule has 0 aliphatic rings. The Balaban J connectivity index is 2.32. The van der Waals surface area contributed by atoms with Crippen molar-refractivity contribution in [1.29, 1.82) is 0 Å². The fourth-order valence-corrected chi connectivity index (χ4v) is 1.61. The summed E-state index contributed by atoms with van der Waals surface area (Å²) in [5.74, 6) is 1.56. The minimum absolute atomic E-state index is 0.618. The summed E-state index contributed by atoms with van der Waals surface area (Å²) in [5, 5.41) is 0. The van der Waals surface area contributed by atoms with Crippen LogP contribution in [0.3, 0.4) is 0 Å². The van der Waals surface area contributed by atoms with Crippen molar-refractivity contribution in [2.24, 2.45) is 0 Å². The van der Waals surface area contributed by atoms with Crippen LogP contribution in [0.1, 0.15) is 0 Å². The molecule has 88 valence electrons. The normalized spacial score (nSPS) is 10.0. The van der Waals surface area contributed by atoms with E-state index >= 15 is 0 Å². The molecule has 0 radical (unpaired) electrons. The summed E-state index contributed by atoms with van der Waals surface area (Å²) in [5.41, 5.74) is 7.47. The molecule has 0 aliphatic carbocycles. The number of hydrogen-bond acceptors (Lipinski definition) is 4. The number of anilines is 3. The lowest BCUT2D eigenvalue weighted by Crippen LogP contribution is -2.11. The molecular formula is C13H15N3O. The van der Waals surface area contributed by atoms with Gasteiger partial charge in [-0.15, -0.1) is 0 Å². The molecule has 1 aromatic heterocycles. The standard InChI is InChI=1S/C13H15N3O/c1-16(13-5-3-4-8-15-13)10-6-7-12(17-2)11(14)9-10/h3-9H,14H2,1-2H3. The Bertz CT molecular complexity index is 499. The van der Waals surface area contributed by atoms with Gasteiger partial charge < -0.3 is 15.4 Å². The van der Waals surface area contributed by atoms with E-state index in [1.807, 2.05) is 48.3 Å². The van der Waals surface area contributed by atoms with Gasteiger partial charge in [-0.3, -0.25) is 0 Å². The van der Waals surface area contributed by atoms with Gasteiger partial charge in [-0.2, -0.15) is 0 Å². The molecule has 4 nitrogen and oxygen atoms in total. The largest absolute Gasteiger partial charge is 0.495 e. The summed E-state index contributed by atoms with van der Waals surface area (Å²) in [4.78, 5) is 6.25. The number of rotatable bonds is 3. The Labute approximate surface area is 101 Å². The summed E-state index contributed by atoms with van der Waals surface area (Å²) in [6.07, 6.45) is 1.76. The quantitative estimate of drug-likeness (QED) is 0.821. The van der Waals surface area contributed by atoms with Crippen LogP contribution in [0.2, 0.25) is 0 Å². The molecule has 2 N–H and O–H groups in total. The summed E-state index contributed by atoms with van der Waals surface area (Å²) in [7, 11) is 3.55. The van der Waals surface area contributed by atoms with E-state index in [1.165, 1.54) is 0 Å². The van der Waals surface area contributed by atoms with Crippen LogP contribution in [0.5, 0.6) is 5.75 Å². The first-order valence-electron chi connectivity index (χ1n) is 5.30. The van der Waals surface area contributed by atoms with Gasteiger partial charge in [0.05, 0.1) is 12.8 Å². The van der Waals surface area contributed by atoms with Gasteiger partial charge in [0.15, 0.2) is 0 Å². The van der Waals surface area contributed by atoms with Crippen LogP contribution in [-0.2, 0) is 0 Å². The zero-order valence-electron chi connectivity index (χ0n) is 9.92. The van der Waals surface area contributed by atoms with Crippen molar-refractivity contribution in [2.75, 3.05) is 24.8 Å². The molecule has 0 spiro atoms. The number of nitrogen functional groups attached to an aromatic ring is 1. The highest BCUT2D eigenvalue weighted by Gasteiger charge is 2.07. The molecule has 17 heavy (non-hydrogen) atoms. The fourth-order valence-electron chi connectivity index (χ4n) is 1.61. The van der Waals surface area contributed by atoms with Crippen molar-refractivity contribution >= 4 is 17.2 Å². The third kappa shape index (κ3) is 2.30. The molecule has 0 amide bonds. The van der Waals surface area contributed by atoms with Gasteiger partial charge in [-0.25, -0.2) is 4.98 Å². The molecule has 1 heterocycles. The van der Waals surface area contributed by atoms with Gasteiger partial charge in [-0.05, 0) is 30.3 Å². The van der Waals surface area contributed by atoms with E-state index < -0.39 is 0 Å². The Morgan fingerprint density at radius 2 is 2.06 bits per heavy atom. The maximum Gasteiger partial charge on any atom is 0.141 e. The minimum Gasteiger partial charge on any atom is -0.495 e. The Hall–Kier alpha value is -2.23. The maximum atomic E-state index is 5.88. The number of methoxy groups -OCH3 is 1. The van der Waals surface area contributed by atoms with E-state index in [0.717, 1.165) is 11.5 Å². The SMILES string of the molecule is COc1ccc(N(C)c2ccccn2)cc1N. The Morgan fingerprint density at radius 1 is 1.24 bits per heavy atom. The third-order valence-electron chi connectivity index (χ3n) is 2.59. The first-order valence-corrected chi connectivity index (χ1v) is 5.30. The van der Waals surface area contributed by atoms with Crippen LogP contribution in [-0.4, -0.2) is 19.1 Å². The van der Waals surface area contributed by atoms with Crippen molar-refractivity contribution in [3.8, 4) is 5.75 Å². The van der Waals surface area contributed by atoms with Crippen LogP contribution in [0.25, 0.3) is 0 Å². The van der Waals surface area contributed by atoms with Crippen molar-refractivity contribution in [3.63, 3.8) is 0 Å². The van der Waals surface area contributed by atoms with E-state index in [0.29, 0.717) is 11.4 Å². The second kappa shape index (κ2) is 4.74. The zero-order chi connectivity index (χ0) is 12.3. The highest BCUT2D eigenvalue weighted by atomic mass is 16.5. The average molecular weight is 229 g/mol. The number of nitrogens with two attached hydrogens (primary N) is 1. The number of nitrogens with zero attached hydrogens (tertiary/aromatic N) is 2. The van der Waals surface area contributed by atoms with E-state index in [2.05, 4.69) is 4.98 Å². The Kier molecular flexibility index (Phi) is 3.14. The first kappa shape index (κ1) is 11.3. The summed E-state index contributed by atoms with van der Waals surface area (Å²) >= 11 is 0. The second-order valence-corrected chi connectivity index (χ2v) is 3.67. The molecule has 1 aromatic carbocycles. The number of benzene rings is 1. The highest BCUT2D eigenvalue weighted by molar-refractivity contribution is 5.67.